The van der Waals surface area contributed by atoms with E-state index in [2.05, 4.69) is 49.2 Å². The minimum Gasteiger partial charge on any atom is -0.462 e. The maximum Gasteiger partial charge on any atom is 0.411 e. The number of fused-ring (bicyclic) bond motifs is 1. The molecule has 1 unspecified atom stereocenters. The van der Waals surface area contributed by atoms with E-state index in [0.717, 1.165) is 23.9 Å². The molecular weight excluding hydrogens is 514 g/mol. The molecule has 188 valence electrons. The molecule has 2 aliphatic rings. The molecule has 4 heterocycles. The van der Waals surface area contributed by atoms with Crippen LogP contribution in [0.5, 0.6) is 6.01 Å². The monoisotopic (exact) mass is 545 g/mol. The summed E-state index contributed by atoms with van der Waals surface area (Å²) in [6, 6.07) is 4.61. The molecule has 0 aromatic carbocycles. The number of likely N-dealkylation sites (tertiary alicyclic amines) is 1. The van der Waals surface area contributed by atoms with Crippen LogP contribution in [0.1, 0.15) is 45.7 Å². The number of nitrogens with zero attached hydrogens (tertiary/aromatic N) is 6. The van der Waals surface area contributed by atoms with Crippen LogP contribution in [0.2, 0.25) is 0 Å². The fourth-order valence-electron chi connectivity index (χ4n) is 4.69. The molecule has 2 aliphatic heterocycles. The second-order valence-electron chi connectivity index (χ2n) is 10.1. The Morgan fingerprint density at radius 3 is 2.86 bits per heavy atom. The molecule has 0 radical (unpaired) electrons. The number of amides is 1. The summed E-state index contributed by atoms with van der Waals surface area (Å²) in [6.45, 7) is 8.24. The summed E-state index contributed by atoms with van der Waals surface area (Å²) in [5, 5.41) is 13.2. The van der Waals surface area contributed by atoms with E-state index in [1.807, 2.05) is 26.8 Å². The van der Waals surface area contributed by atoms with Gasteiger partial charge in [0.05, 0.1) is 18.0 Å². The molecule has 0 bridgehead atoms. The van der Waals surface area contributed by atoms with Crippen molar-refractivity contribution in [3.63, 3.8) is 0 Å². The lowest BCUT2D eigenvalue weighted by Crippen LogP contribution is -2.62. The van der Waals surface area contributed by atoms with Crippen LogP contribution in [0.3, 0.4) is 0 Å². The summed E-state index contributed by atoms with van der Waals surface area (Å²) in [5.41, 5.74) is -0.208. The second-order valence-corrected chi connectivity index (χ2v) is 11.1. The van der Waals surface area contributed by atoms with E-state index in [1.54, 1.807) is 11.1 Å². The number of carbonyl (C=O) groups excluding carboxylic acids is 1. The number of likely N-dealkylation sites (N-methyl/N-ethyl adjacent to an activating group) is 1. The van der Waals surface area contributed by atoms with Gasteiger partial charge in [0.25, 0.3) is 0 Å². The maximum atomic E-state index is 13.3. The first kappa shape index (κ1) is 25.5. The highest BCUT2D eigenvalue weighted by Gasteiger charge is 2.48. The summed E-state index contributed by atoms with van der Waals surface area (Å²) in [6.07, 6.45) is 3.37. The van der Waals surface area contributed by atoms with Gasteiger partial charge in [-0.1, -0.05) is 0 Å². The zero-order valence-corrected chi connectivity index (χ0v) is 22.3. The predicted molar refractivity (Wildman–Crippen MR) is 134 cm³/mol. The highest BCUT2D eigenvalue weighted by molar-refractivity contribution is 9.10. The lowest BCUT2D eigenvalue weighted by Gasteiger charge is -2.45. The topological polar surface area (TPSA) is 117 Å². The smallest absolute Gasteiger partial charge is 0.411 e. The van der Waals surface area contributed by atoms with Crippen molar-refractivity contribution in [3.05, 3.63) is 22.4 Å². The van der Waals surface area contributed by atoms with E-state index < -0.39 is 17.2 Å². The third-order valence-corrected chi connectivity index (χ3v) is 6.86. The van der Waals surface area contributed by atoms with Gasteiger partial charge in [-0.25, -0.2) is 4.79 Å². The van der Waals surface area contributed by atoms with Gasteiger partial charge in [-0.15, -0.1) is 0 Å². The molecular formula is C24H32BrN7O3. The number of hydrogen-bond donors (Lipinski definition) is 1. The minimum absolute atomic E-state index is 0.00784. The molecule has 1 N–H and O–H groups in total. The SMILES string of the molecule is CN1CCC[C@H]1COc1nc(C2(CC#N)CNCCN2C(=O)OC(C)(C)C)c2ncc(Br)cc2n1. The molecule has 0 spiro atoms. The second kappa shape index (κ2) is 10.2. The summed E-state index contributed by atoms with van der Waals surface area (Å²) >= 11 is 3.47. The van der Waals surface area contributed by atoms with Crippen molar-refractivity contribution < 1.29 is 14.3 Å². The summed E-state index contributed by atoms with van der Waals surface area (Å²) in [5.74, 6) is 0. The zero-order chi connectivity index (χ0) is 25.2. The van der Waals surface area contributed by atoms with E-state index in [-0.39, 0.29) is 12.4 Å². The van der Waals surface area contributed by atoms with Crippen LogP contribution in [0.4, 0.5) is 4.79 Å². The molecule has 35 heavy (non-hydrogen) atoms. The molecule has 10 nitrogen and oxygen atoms in total. The van der Waals surface area contributed by atoms with Gasteiger partial charge in [-0.2, -0.15) is 15.2 Å². The first-order valence-electron chi connectivity index (χ1n) is 11.9. The molecule has 11 heteroatoms. The predicted octanol–water partition coefficient (Wildman–Crippen LogP) is 3.21. The van der Waals surface area contributed by atoms with Crippen LogP contribution in [-0.2, 0) is 10.3 Å². The van der Waals surface area contributed by atoms with Gasteiger partial charge in [0, 0.05) is 36.3 Å². The zero-order valence-electron chi connectivity index (χ0n) is 20.7. The number of ether oxygens (including phenoxy) is 2. The molecule has 1 amide bonds. The average molecular weight is 546 g/mol. The first-order chi connectivity index (χ1) is 16.6. The number of pyridine rings is 1. The van der Waals surface area contributed by atoms with Gasteiger partial charge in [-0.05, 0) is 69.2 Å². The Bertz CT molecular complexity index is 1130. The molecule has 2 fully saturated rings. The number of carbonyl (C=O) groups is 1. The van der Waals surface area contributed by atoms with Crippen molar-refractivity contribution in [2.24, 2.45) is 0 Å². The standard InChI is InChI=1S/C24H32BrN7O3/c1-23(2,3)35-22(33)32-11-9-27-15-24(32,7-8-26)20-19-18(12-16(25)13-28-19)29-21(30-20)34-14-17-6-5-10-31(17)4/h12-13,17,27H,5-7,9-11,14-15H2,1-4H3/t17-,24?/m0/s1. The number of hydrogen-bond acceptors (Lipinski definition) is 9. The molecule has 2 aromatic rings. The van der Waals surface area contributed by atoms with Crippen molar-refractivity contribution in [3.8, 4) is 12.1 Å². The van der Waals surface area contributed by atoms with Crippen molar-refractivity contribution in [1.82, 2.24) is 30.1 Å². The van der Waals surface area contributed by atoms with Crippen molar-refractivity contribution in [2.75, 3.05) is 39.8 Å². The largest absolute Gasteiger partial charge is 0.462 e. The van der Waals surface area contributed by atoms with Gasteiger partial charge in [0.15, 0.2) is 0 Å². The molecule has 2 atom stereocenters. The van der Waals surface area contributed by atoms with Crippen LogP contribution < -0.4 is 10.1 Å². The number of piperazine rings is 1. The fourth-order valence-corrected chi connectivity index (χ4v) is 5.00. The molecule has 2 aromatic heterocycles. The molecule has 4 rings (SSSR count). The number of nitrogens with one attached hydrogen (secondary N) is 1. The van der Waals surface area contributed by atoms with Crippen molar-refractivity contribution in [1.29, 1.82) is 5.26 Å². The van der Waals surface area contributed by atoms with Gasteiger partial charge >= 0.3 is 12.1 Å². The Hall–Kier alpha value is -2.55. The number of rotatable bonds is 5. The lowest BCUT2D eigenvalue weighted by atomic mass is 9.86. The number of halogens is 1. The first-order valence-corrected chi connectivity index (χ1v) is 12.7. The quantitative estimate of drug-likeness (QED) is 0.604. The third kappa shape index (κ3) is 5.50. The summed E-state index contributed by atoms with van der Waals surface area (Å²) in [7, 11) is 2.09. The van der Waals surface area contributed by atoms with E-state index in [4.69, 9.17) is 14.5 Å². The minimum atomic E-state index is -1.10. The van der Waals surface area contributed by atoms with Gasteiger partial charge < -0.3 is 19.7 Å². The van der Waals surface area contributed by atoms with Crippen LogP contribution in [0, 0.1) is 11.3 Å². The van der Waals surface area contributed by atoms with Crippen LogP contribution in [0.25, 0.3) is 11.0 Å². The van der Waals surface area contributed by atoms with Crippen LogP contribution in [-0.4, -0.2) is 82.3 Å². The van der Waals surface area contributed by atoms with E-state index in [9.17, 15) is 10.1 Å². The molecule has 2 saturated heterocycles. The van der Waals surface area contributed by atoms with E-state index in [1.165, 1.54) is 0 Å². The van der Waals surface area contributed by atoms with Crippen molar-refractivity contribution in [2.45, 2.75) is 57.2 Å². The van der Waals surface area contributed by atoms with Gasteiger partial charge in [0.2, 0.25) is 0 Å². The molecule has 0 aliphatic carbocycles. The maximum absolute atomic E-state index is 13.3. The highest BCUT2D eigenvalue weighted by Crippen LogP contribution is 2.38. The van der Waals surface area contributed by atoms with Gasteiger partial charge in [-0.3, -0.25) is 9.88 Å². The Balaban J connectivity index is 1.81. The fraction of sp³-hybridized carbons (Fsp3) is 0.625. The normalized spacial score (nSPS) is 23.3. The van der Waals surface area contributed by atoms with Crippen LogP contribution >= 0.6 is 15.9 Å². The van der Waals surface area contributed by atoms with Crippen LogP contribution in [0.15, 0.2) is 16.7 Å². The van der Waals surface area contributed by atoms with Gasteiger partial charge in [0.1, 0.15) is 29.0 Å². The van der Waals surface area contributed by atoms with Crippen molar-refractivity contribution >= 4 is 33.1 Å². The summed E-state index contributed by atoms with van der Waals surface area (Å²) in [4.78, 5) is 31.2. The van der Waals surface area contributed by atoms with E-state index >= 15 is 0 Å². The Morgan fingerprint density at radius 1 is 1.37 bits per heavy atom. The number of nitriles is 1. The highest BCUT2D eigenvalue weighted by atomic mass is 79.9. The third-order valence-electron chi connectivity index (χ3n) is 6.43. The summed E-state index contributed by atoms with van der Waals surface area (Å²) < 4.78 is 12.6. The number of aromatic nitrogens is 3. The Kier molecular flexibility index (Phi) is 7.45. The average Bonchev–Trinajstić information content (AvgIpc) is 3.20. The Labute approximate surface area is 214 Å². The lowest BCUT2D eigenvalue weighted by molar-refractivity contribution is -0.0129. The Morgan fingerprint density at radius 2 is 2.17 bits per heavy atom. The molecule has 0 saturated carbocycles. The van der Waals surface area contributed by atoms with E-state index in [0.29, 0.717) is 49.0 Å².